The Morgan fingerprint density at radius 2 is 1.46 bits per heavy atom. The Hall–Kier alpha value is -2.10. The fraction of sp³-hybridized carbons (Fsp3) is 0.500. The normalized spacial score (nSPS) is 10.3. The van der Waals surface area contributed by atoms with Crippen molar-refractivity contribution in [3.63, 3.8) is 0 Å². The van der Waals surface area contributed by atoms with E-state index in [0.29, 0.717) is 11.1 Å². The molecule has 0 bridgehead atoms. The van der Waals surface area contributed by atoms with Gasteiger partial charge in [-0.1, -0.05) is 33.3 Å². The minimum atomic E-state index is -0.434. The second-order valence-corrected chi connectivity index (χ2v) is 5.84. The standard InChI is InChI=1S/C20H28O4/c1-6-8-10-15-12-17(20(22)24-5)13-16(11-9-7-2)18(15)14(3)19(21)23-4/h12-13H,3,6-11H2,1-2,4-5H3. The summed E-state index contributed by atoms with van der Waals surface area (Å²) in [5.41, 5.74) is 3.63. The maximum atomic E-state index is 12.0. The molecule has 0 unspecified atom stereocenters. The first kappa shape index (κ1) is 19.9. The summed E-state index contributed by atoms with van der Waals surface area (Å²) in [5.74, 6) is -0.794. The van der Waals surface area contributed by atoms with Crippen molar-refractivity contribution in [2.75, 3.05) is 14.2 Å². The summed E-state index contributed by atoms with van der Waals surface area (Å²) >= 11 is 0. The highest BCUT2D eigenvalue weighted by Gasteiger charge is 2.20. The van der Waals surface area contributed by atoms with Crippen molar-refractivity contribution in [1.82, 2.24) is 0 Å². The van der Waals surface area contributed by atoms with Crippen LogP contribution < -0.4 is 0 Å². The Kier molecular flexibility index (Phi) is 8.24. The second kappa shape index (κ2) is 9.91. The van der Waals surface area contributed by atoms with Gasteiger partial charge in [-0.2, -0.15) is 0 Å². The predicted octanol–water partition coefficient (Wildman–Crippen LogP) is 4.34. The SMILES string of the molecule is C=C(C(=O)OC)c1c(CCCC)cc(C(=O)OC)cc1CCCC. The van der Waals surface area contributed by atoms with Crippen molar-refractivity contribution in [2.24, 2.45) is 0 Å². The van der Waals surface area contributed by atoms with Crippen molar-refractivity contribution < 1.29 is 19.1 Å². The third-order valence-corrected chi connectivity index (χ3v) is 4.06. The predicted molar refractivity (Wildman–Crippen MR) is 96.1 cm³/mol. The van der Waals surface area contributed by atoms with Gasteiger partial charge in [0.15, 0.2) is 0 Å². The fourth-order valence-electron chi connectivity index (χ4n) is 2.75. The molecule has 0 aliphatic carbocycles. The van der Waals surface area contributed by atoms with Crippen LogP contribution in [0.25, 0.3) is 5.57 Å². The van der Waals surface area contributed by atoms with Crippen LogP contribution in [0.2, 0.25) is 0 Å². The van der Waals surface area contributed by atoms with Gasteiger partial charge < -0.3 is 9.47 Å². The van der Waals surface area contributed by atoms with Crippen LogP contribution in [0, 0.1) is 0 Å². The topological polar surface area (TPSA) is 52.6 Å². The smallest absolute Gasteiger partial charge is 0.337 e. The van der Waals surface area contributed by atoms with Crippen LogP contribution in [-0.4, -0.2) is 26.2 Å². The van der Waals surface area contributed by atoms with Gasteiger partial charge in [-0.25, -0.2) is 9.59 Å². The van der Waals surface area contributed by atoms with E-state index in [1.807, 2.05) is 12.1 Å². The molecule has 0 spiro atoms. The number of rotatable bonds is 9. The van der Waals surface area contributed by atoms with Gasteiger partial charge >= 0.3 is 11.9 Å². The number of carbonyl (C=O) groups excluding carboxylic acids is 2. The lowest BCUT2D eigenvalue weighted by Crippen LogP contribution is -2.11. The van der Waals surface area contributed by atoms with Crippen LogP contribution in [0.15, 0.2) is 18.7 Å². The third kappa shape index (κ3) is 4.95. The molecule has 24 heavy (non-hydrogen) atoms. The Morgan fingerprint density at radius 3 is 1.83 bits per heavy atom. The lowest BCUT2D eigenvalue weighted by atomic mass is 9.88. The van der Waals surface area contributed by atoms with E-state index < -0.39 is 5.97 Å². The molecule has 0 atom stereocenters. The summed E-state index contributed by atoms with van der Waals surface area (Å²) in [6.45, 7) is 8.15. The molecule has 0 fully saturated rings. The Labute approximate surface area is 144 Å². The van der Waals surface area contributed by atoms with Crippen molar-refractivity contribution in [3.8, 4) is 0 Å². The number of carbonyl (C=O) groups is 2. The number of benzene rings is 1. The summed E-state index contributed by atoms with van der Waals surface area (Å²) in [7, 11) is 2.73. The summed E-state index contributed by atoms with van der Waals surface area (Å²) in [4.78, 5) is 24.0. The highest BCUT2D eigenvalue weighted by molar-refractivity contribution is 6.16. The highest BCUT2D eigenvalue weighted by Crippen LogP contribution is 2.28. The molecule has 1 rings (SSSR count). The van der Waals surface area contributed by atoms with Crippen LogP contribution in [-0.2, 0) is 27.1 Å². The van der Waals surface area contributed by atoms with E-state index in [2.05, 4.69) is 20.4 Å². The molecule has 0 amide bonds. The molecule has 0 saturated heterocycles. The van der Waals surface area contributed by atoms with Crippen LogP contribution in [0.3, 0.4) is 0 Å². The Balaban J connectivity index is 3.49. The van der Waals surface area contributed by atoms with Crippen molar-refractivity contribution in [3.05, 3.63) is 41.0 Å². The molecule has 4 heteroatoms. The molecule has 0 aliphatic heterocycles. The molecule has 0 aromatic heterocycles. The van der Waals surface area contributed by atoms with Gasteiger partial charge in [0.2, 0.25) is 0 Å². The highest BCUT2D eigenvalue weighted by atomic mass is 16.5. The second-order valence-electron chi connectivity index (χ2n) is 5.84. The lowest BCUT2D eigenvalue weighted by Gasteiger charge is -2.18. The monoisotopic (exact) mass is 332 g/mol. The van der Waals surface area contributed by atoms with Crippen molar-refractivity contribution >= 4 is 17.5 Å². The van der Waals surface area contributed by atoms with Gasteiger partial charge in [-0.3, -0.25) is 0 Å². The van der Waals surface area contributed by atoms with E-state index in [-0.39, 0.29) is 5.97 Å². The molecule has 132 valence electrons. The molecule has 0 N–H and O–H groups in total. The zero-order valence-corrected chi connectivity index (χ0v) is 15.2. The van der Waals surface area contributed by atoms with E-state index in [4.69, 9.17) is 9.47 Å². The first-order chi connectivity index (χ1) is 11.5. The van der Waals surface area contributed by atoms with Crippen molar-refractivity contribution in [1.29, 1.82) is 0 Å². The van der Waals surface area contributed by atoms with E-state index in [0.717, 1.165) is 55.2 Å². The fourth-order valence-corrected chi connectivity index (χ4v) is 2.75. The van der Waals surface area contributed by atoms with Crippen molar-refractivity contribution in [2.45, 2.75) is 52.4 Å². The molecule has 0 aliphatic rings. The minimum absolute atomic E-state index is 0.353. The summed E-state index contributed by atoms with van der Waals surface area (Å²) < 4.78 is 9.73. The quantitative estimate of drug-likeness (QED) is 0.498. The average Bonchev–Trinajstić information content (AvgIpc) is 2.61. The number of aryl methyl sites for hydroxylation is 2. The Morgan fingerprint density at radius 1 is 0.958 bits per heavy atom. The largest absolute Gasteiger partial charge is 0.465 e. The average molecular weight is 332 g/mol. The zero-order chi connectivity index (χ0) is 18.1. The van der Waals surface area contributed by atoms with Gasteiger partial charge in [-0.05, 0) is 54.5 Å². The molecular formula is C20H28O4. The Bertz CT molecular complexity index is 573. The number of hydrogen-bond donors (Lipinski definition) is 0. The first-order valence-electron chi connectivity index (χ1n) is 8.51. The van der Waals surface area contributed by atoms with Gasteiger partial charge in [0, 0.05) is 0 Å². The van der Waals surface area contributed by atoms with Gasteiger partial charge in [0.25, 0.3) is 0 Å². The van der Waals surface area contributed by atoms with Crippen LogP contribution in [0.5, 0.6) is 0 Å². The molecular weight excluding hydrogens is 304 g/mol. The van der Waals surface area contributed by atoms with Crippen LogP contribution >= 0.6 is 0 Å². The maximum Gasteiger partial charge on any atom is 0.337 e. The summed E-state index contributed by atoms with van der Waals surface area (Å²) in [6, 6.07) is 3.64. The summed E-state index contributed by atoms with van der Waals surface area (Å²) in [5, 5.41) is 0. The molecule has 0 radical (unpaired) electrons. The van der Waals surface area contributed by atoms with Gasteiger partial charge in [0.1, 0.15) is 0 Å². The first-order valence-corrected chi connectivity index (χ1v) is 8.51. The van der Waals surface area contributed by atoms with E-state index in [9.17, 15) is 9.59 Å². The van der Waals surface area contributed by atoms with E-state index in [1.165, 1.54) is 14.2 Å². The van der Waals surface area contributed by atoms with Crippen LogP contribution in [0.1, 0.15) is 66.6 Å². The number of hydrogen-bond acceptors (Lipinski definition) is 4. The number of unbranched alkanes of at least 4 members (excludes halogenated alkanes) is 2. The van der Waals surface area contributed by atoms with Gasteiger partial charge in [0.05, 0.1) is 25.4 Å². The van der Waals surface area contributed by atoms with E-state index in [1.54, 1.807) is 0 Å². The molecule has 1 aromatic rings. The molecule has 4 nitrogen and oxygen atoms in total. The lowest BCUT2D eigenvalue weighted by molar-refractivity contribution is -0.133. The zero-order valence-electron chi connectivity index (χ0n) is 15.2. The molecule has 1 aromatic carbocycles. The third-order valence-electron chi connectivity index (χ3n) is 4.06. The minimum Gasteiger partial charge on any atom is -0.465 e. The number of esters is 2. The summed E-state index contributed by atoms with van der Waals surface area (Å²) in [6.07, 6.45) is 5.56. The van der Waals surface area contributed by atoms with Crippen LogP contribution in [0.4, 0.5) is 0 Å². The number of ether oxygens (including phenoxy) is 2. The number of methoxy groups -OCH3 is 2. The molecule has 0 saturated carbocycles. The van der Waals surface area contributed by atoms with Gasteiger partial charge in [-0.15, -0.1) is 0 Å². The van der Waals surface area contributed by atoms with E-state index >= 15 is 0 Å². The molecule has 0 heterocycles. The maximum absolute atomic E-state index is 12.0.